The highest BCUT2D eigenvalue weighted by Gasteiger charge is 2.31. The third-order valence-corrected chi connectivity index (χ3v) is 7.23. The summed E-state index contributed by atoms with van der Waals surface area (Å²) < 4.78 is 5.71. The van der Waals surface area contributed by atoms with Crippen LogP contribution in [0.5, 0.6) is 5.75 Å². The van der Waals surface area contributed by atoms with E-state index in [1.54, 1.807) is 12.0 Å². The molecule has 0 aromatic heterocycles. The number of thiocarbonyl (C=S) groups is 1. The number of hydrogen-bond acceptors (Lipinski definition) is 5. The van der Waals surface area contributed by atoms with Crippen LogP contribution < -0.4 is 10.1 Å². The fraction of sp³-hybridized carbons (Fsp3) is 0.207. The Hall–Kier alpha value is -3.42. The first kappa shape index (κ1) is 25.7. The van der Waals surface area contributed by atoms with Gasteiger partial charge in [-0.05, 0) is 59.9 Å². The van der Waals surface area contributed by atoms with Crippen LogP contribution in [0.1, 0.15) is 31.2 Å². The average molecular weight is 517 g/mol. The summed E-state index contributed by atoms with van der Waals surface area (Å²) in [5.74, 6) is 0.681. The van der Waals surface area contributed by atoms with E-state index >= 15 is 0 Å². The first-order valence-corrected chi connectivity index (χ1v) is 13.1. The number of thioether (sulfide) groups is 1. The molecule has 7 heteroatoms. The Morgan fingerprint density at radius 1 is 0.944 bits per heavy atom. The van der Waals surface area contributed by atoms with Gasteiger partial charge in [0.1, 0.15) is 10.1 Å². The van der Waals surface area contributed by atoms with Gasteiger partial charge in [-0.2, -0.15) is 0 Å². The van der Waals surface area contributed by atoms with Crippen LogP contribution in [-0.4, -0.2) is 34.7 Å². The van der Waals surface area contributed by atoms with Crippen molar-refractivity contribution in [3.8, 4) is 16.9 Å². The number of carbonyl (C=O) groups excluding carboxylic acids is 2. The second-order valence-corrected chi connectivity index (χ2v) is 10.1. The summed E-state index contributed by atoms with van der Waals surface area (Å²) in [4.78, 5) is 27.4. The van der Waals surface area contributed by atoms with Crippen LogP contribution in [0, 0.1) is 0 Å². The second kappa shape index (κ2) is 12.5. The number of ether oxygens (including phenoxy) is 1. The molecule has 4 rings (SSSR count). The third-order valence-electron chi connectivity index (χ3n) is 5.85. The molecule has 3 aromatic rings. The van der Waals surface area contributed by atoms with Crippen molar-refractivity contribution in [2.45, 2.75) is 25.7 Å². The predicted octanol–water partition coefficient (Wildman–Crippen LogP) is 6.76. The first-order valence-electron chi connectivity index (χ1n) is 11.9. The van der Waals surface area contributed by atoms with Gasteiger partial charge in [0, 0.05) is 18.7 Å². The van der Waals surface area contributed by atoms with Gasteiger partial charge in [-0.3, -0.25) is 14.5 Å². The van der Waals surface area contributed by atoms with Crippen molar-refractivity contribution in [2.75, 3.05) is 19.0 Å². The first-order chi connectivity index (χ1) is 17.5. The molecule has 184 valence electrons. The summed E-state index contributed by atoms with van der Waals surface area (Å²) in [5.41, 5.74) is 4.02. The number of amides is 2. The number of anilines is 1. The number of methoxy groups -OCH3 is 1. The van der Waals surface area contributed by atoms with Crippen LogP contribution in [0.15, 0.2) is 83.8 Å². The van der Waals surface area contributed by atoms with E-state index in [1.807, 2.05) is 60.7 Å². The molecule has 1 saturated heterocycles. The van der Waals surface area contributed by atoms with Gasteiger partial charge in [0.25, 0.3) is 5.91 Å². The van der Waals surface area contributed by atoms with E-state index in [-0.39, 0.29) is 11.8 Å². The maximum Gasteiger partial charge on any atom is 0.266 e. The fourth-order valence-electron chi connectivity index (χ4n) is 3.88. The molecule has 1 aliphatic rings. The van der Waals surface area contributed by atoms with Gasteiger partial charge in [0.2, 0.25) is 5.91 Å². The van der Waals surface area contributed by atoms with Crippen molar-refractivity contribution >= 4 is 51.9 Å². The number of benzene rings is 3. The summed E-state index contributed by atoms with van der Waals surface area (Å²) in [6.07, 6.45) is 4.72. The number of unbranched alkanes of at least 4 members (excludes halogenated alkanes) is 2. The molecule has 36 heavy (non-hydrogen) atoms. The van der Waals surface area contributed by atoms with E-state index in [0.717, 1.165) is 47.4 Å². The highest BCUT2D eigenvalue weighted by Crippen LogP contribution is 2.33. The Morgan fingerprint density at radius 2 is 1.64 bits per heavy atom. The van der Waals surface area contributed by atoms with Gasteiger partial charge in [0.15, 0.2) is 0 Å². The zero-order valence-electron chi connectivity index (χ0n) is 20.1. The summed E-state index contributed by atoms with van der Waals surface area (Å²) in [6, 6.07) is 25.6. The monoisotopic (exact) mass is 516 g/mol. The molecule has 5 nitrogen and oxygen atoms in total. The molecule has 1 aliphatic heterocycles. The third kappa shape index (κ3) is 6.83. The van der Waals surface area contributed by atoms with Crippen molar-refractivity contribution in [3.05, 3.63) is 89.3 Å². The largest absolute Gasteiger partial charge is 0.497 e. The lowest BCUT2D eigenvalue weighted by atomic mass is 10.0. The van der Waals surface area contributed by atoms with E-state index in [9.17, 15) is 9.59 Å². The summed E-state index contributed by atoms with van der Waals surface area (Å²) in [6.45, 7) is 0.565. The normalized spacial score (nSPS) is 14.4. The molecule has 1 heterocycles. The molecule has 1 fully saturated rings. The van der Waals surface area contributed by atoms with Gasteiger partial charge in [-0.1, -0.05) is 85.0 Å². The molecule has 0 spiro atoms. The lowest BCUT2D eigenvalue weighted by molar-refractivity contribution is -0.122. The molecular formula is C29H28N2O3S2. The number of rotatable bonds is 10. The highest BCUT2D eigenvalue weighted by atomic mass is 32.2. The van der Waals surface area contributed by atoms with Crippen LogP contribution >= 0.6 is 24.0 Å². The van der Waals surface area contributed by atoms with Crippen LogP contribution in [0.25, 0.3) is 17.2 Å². The number of carbonyl (C=O) groups is 2. The Morgan fingerprint density at radius 3 is 2.33 bits per heavy atom. The Balaban J connectivity index is 1.22. The molecule has 0 unspecified atom stereocenters. The molecule has 0 atom stereocenters. The number of nitrogens with one attached hydrogen (secondary N) is 1. The summed E-state index contributed by atoms with van der Waals surface area (Å²) in [7, 11) is 1.61. The maximum atomic E-state index is 12.9. The highest BCUT2D eigenvalue weighted by molar-refractivity contribution is 8.26. The Bertz CT molecular complexity index is 1240. The number of nitrogens with zero attached hydrogens (tertiary/aromatic N) is 1. The Kier molecular flexibility index (Phi) is 8.92. The zero-order valence-corrected chi connectivity index (χ0v) is 21.7. The van der Waals surface area contributed by atoms with E-state index in [4.69, 9.17) is 17.0 Å². The minimum absolute atomic E-state index is 0.0213. The van der Waals surface area contributed by atoms with Crippen molar-refractivity contribution in [1.82, 2.24) is 4.90 Å². The number of hydrogen-bond donors (Lipinski definition) is 1. The summed E-state index contributed by atoms with van der Waals surface area (Å²) in [5, 5.41) is 2.89. The molecular weight excluding hydrogens is 488 g/mol. The topological polar surface area (TPSA) is 58.6 Å². The SMILES string of the molecule is COc1ccc(NC(=O)CCCCCN2C(=O)/C(=C/c3ccc(-c4ccccc4)cc3)SC2=S)cc1. The van der Waals surface area contributed by atoms with Gasteiger partial charge in [-0.25, -0.2) is 0 Å². The van der Waals surface area contributed by atoms with Gasteiger partial charge < -0.3 is 10.1 Å². The second-order valence-electron chi connectivity index (χ2n) is 8.41. The van der Waals surface area contributed by atoms with Crippen LogP contribution in [-0.2, 0) is 9.59 Å². The van der Waals surface area contributed by atoms with Gasteiger partial charge >= 0.3 is 0 Å². The van der Waals surface area contributed by atoms with Crippen LogP contribution in [0.4, 0.5) is 5.69 Å². The van der Waals surface area contributed by atoms with Crippen molar-refractivity contribution < 1.29 is 14.3 Å². The molecule has 3 aromatic carbocycles. The molecule has 2 amide bonds. The van der Waals surface area contributed by atoms with E-state index in [1.165, 1.54) is 11.8 Å². The summed E-state index contributed by atoms with van der Waals surface area (Å²) >= 11 is 6.81. The van der Waals surface area contributed by atoms with Crippen molar-refractivity contribution in [1.29, 1.82) is 0 Å². The quantitative estimate of drug-likeness (QED) is 0.183. The minimum atomic E-state index is -0.0469. The standard InChI is InChI=1S/C29H28N2O3S2/c1-34-25-17-15-24(16-18-25)30-27(32)10-6-3-7-19-31-28(33)26(36-29(31)35)20-21-11-13-23(14-12-21)22-8-4-2-5-9-22/h2,4-5,8-9,11-18,20H,3,6-7,10,19H2,1H3,(H,30,32)/b26-20-. The van der Waals surface area contributed by atoms with Gasteiger partial charge in [-0.15, -0.1) is 0 Å². The molecule has 0 saturated carbocycles. The van der Waals surface area contributed by atoms with Crippen molar-refractivity contribution in [3.63, 3.8) is 0 Å². The smallest absolute Gasteiger partial charge is 0.266 e. The predicted molar refractivity (Wildman–Crippen MR) is 152 cm³/mol. The maximum absolute atomic E-state index is 12.9. The Labute approximate surface area is 221 Å². The molecule has 0 aliphatic carbocycles. The lowest BCUT2D eigenvalue weighted by Crippen LogP contribution is -2.29. The molecule has 0 radical (unpaired) electrons. The van der Waals surface area contributed by atoms with E-state index < -0.39 is 0 Å². The zero-order chi connectivity index (χ0) is 25.3. The molecule has 0 bridgehead atoms. The van der Waals surface area contributed by atoms with Crippen LogP contribution in [0.2, 0.25) is 0 Å². The average Bonchev–Trinajstić information content (AvgIpc) is 3.17. The minimum Gasteiger partial charge on any atom is -0.497 e. The van der Waals surface area contributed by atoms with Crippen LogP contribution in [0.3, 0.4) is 0 Å². The van der Waals surface area contributed by atoms with Crippen molar-refractivity contribution in [2.24, 2.45) is 0 Å². The van der Waals surface area contributed by atoms with Gasteiger partial charge in [0.05, 0.1) is 12.0 Å². The molecule has 1 N–H and O–H groups in total. The fourth-order valence-corrected chi connectivity index (χ4v) is 5.19. The van der Waals surface area contributed by atoms with E-state index in [2.05, 4.69) is 29.6 Å². The lowest BCUT2D eigenvalue weighted by Gasteiger charge is -2.14. The van der Waals surface area contributed by atoms with E-state index in [0.29, 0.717) is 22.2 Å².